The maximum atomic E-state index is 12.1. The first-order valence-electron chi connectivity index (χ1n) is 9.92. The van der Waals surface area contributed by atoms with Crippen LogP contribution in [0, 0.1) is 0 Å². The molecule has 31 heavy (non-hydrogen) atoms. The van der Waals surface area contributed by atoms with Gasteiger partial charge in [0.05, 0.1) is 13.7 Å². The molecule has 3 amide bonds. The molecule has 3 rings (SSSR count). The van der Waals surface area contributed by atoms with Crippen LogP contribution in [0.5, 0.6) is 11.5 Å². The van der Waals surface area contributed by atoms with Crippen LogP contribution in [0.4, 0.5) is 21.9 Å². The zero-order chi connectivity index (χ0) is 21.9. The van der Waals surface area contributed by atoms with E-state index >= 15 is 0 Å². The van der Waals surface area contributed by atoms with Crippen LogP contribution in [0.15, 0.2) is 78.9 Å². The number of urea groups is 1. The smallest absolute Gasteiger partial charge is 0.323 e. The van der Waals surface area contributed by atoms with Gasteiger partial charge in [-0.25, -0.2) is 4.79 Å². The molecule has 3 N–H and O–H groups in total. The zero-order valence-corrected chi connectivity index (χ0v) is 17.3. The highest BCUT2D eigenvalue weighted by Crippen LogP contribution is 2.18. The average molecular weight is 419 g/mol. The third-order valence-corrected chi connectivity index (χ3v) is 4.33. The van der Waals surface area contributed by atoms with Gasteiger partial charge in [0, 0.05) is 23.5 Å². The van der Waals surface area contributed by atoms with Gasteiger partial charge in [-0.1, -0.05) is 18.2 Å². The molecular weight excluding hydrogens is 394 g/mol. The summed E-state index contributed by atoms with van der Waals surface area (Å²) in [5, 5.41) is 8.33. The van der Waals surface area contributed by atoms with Crippen molar-refractivity contribution in [3.63, 3.8) is 0 Å². The van der Waals surface area contributed by atoms with E-state index < -0.39 is 0 Å². The molecule has 0 unspecified atom stereocenters. The van der Waals surface area contributed by atoms with E-state index in [9.17, 15) is 9.59 Å². The van der Waals surface area contributed by atoms with Crippen molar-refractivity contribution in [2.24, 2.45) is 0 Å². The van der Waals surface area contributed by atoms with Crippen molar-refractivity contribution in [1.29, 1.82) is 0 Å². The molecule has 0 atom stereocenters. The highest BCUT2D eigenvalue weighted by Gasteiger charge is 2.05. The first-order chi connectivity index (χ1) is 15.1. The summed E-state index contributed by atoms with van der Waals surface area (Å²) in [6.07, 6.45) is 0.937. The second-order valence-electron chi connectivity index (χ2n) is 6.70. The summed E-state index contributed by atoms with van der Waals surface area (Å²) in [7, 11) is 1.61. The van der Waals surface area contributed by atoms with Crippen LogP contribution in [0.25, 0.3) is 0 Å². The molecular formula is C24H25N3O4. The van der Waals surface area contributed by atoms with E-state index in [2.05, 4.69) is 16.0 Å². The van der Waals surface area contributed by atoms with E-state index in [0.717, 1.165) is 11.5 Å². The normalized spacial score (nSPS) is 10.1. The number of amides is 3. The van der Waals surface area contributed by atoms with Crippen molar-refractivity contribution in [3.05, 3.63) is 78.9 Å². The first-order valence-corrected chi connectivity index (χ1v) is 9.92. The number of benzene rings is 3. The number of methoxy groups -OCH3 is 1. The third kappa shape index (κ3) is 7.40. The quantitative estimate of drug-likeness (QED) is 0.419. The highest BCUT2D eigenvalue weighted by atomic mass is 16.5. The predicted molar refractivity (Wildman–Crippen MR) is 122 cm³/mol. The van der Waals surface area contributed by atoms with E-state index in [1.807, 2.05) is 42.5 Å². The highest BCUT2D eigenvalue weighted by molar-refractivity contribution is 6.00. The Kier molecular flexibility index (Phi) is 7.88. The molecule has 0 saturated carbocycles. The van der Waals surface area contributed by atoms with Gasteiger partial charge in [-0.05, 0) is 67.1 Å². The molecule has 0 aromatic heterocycles. The molecule has 0 radical (unpaired) electrons. The number of carbonyl (C=O) groups is 2. The fourth-order valence-electron chi connectivity index (χ4n) is 2.77. The number of hydrogen-bond donors (Lipinski definition) is 3. The second kappa shape index (κ2) is 11.3. The Morgan fingerprint density at radius 2 is 1.26 bits per heavy atom. The van der Waals surface area contributed by atoms with Crippen LogP contribution in [0.3, 0.4) is 0 Å². The first kappa shape index (κ1) is 21.7. The number of rotatable bonds is 9. The largest absolute Gasteiger partial charge is 0.497 e. The van der Waals surface area contributed by atoms with Crippen LogP contribution >= 0.6 is 0 Å². The van der Waals surface area contributed by atoms with E-state index in [-0.39, 0.29) is 11.9 Å². The standard InChI is InChI=1S/C24H25N3O4/c1-30-21-13-15-22(16-14-21)31-17-5-8-23(28)25-19-9-11-20(12-10-19)27-24(29)26-18-6-3-2-4-7-18/h2-4,6-7,9-16H,5,8,17H2,1H3,(H,25,28)(H2,26,27,29). The van der Waals surface area contributed by atoms with E-state index in [1.165, 1.54) is 0 Å². The number of ether oxygens (including phenoxy) is 2. The number of nitrogens with one attached hydrogen (secondary N) is 3. The van der Waals surface area contributed by atoms with Crippen LogP contribution < -0.4 is 25.4 Å². The van der Waals surface area contributed by atoms with Crippen molar-refractivity contribution in [3.8, 4) is 11.5 Å². The zero-order valence-electron chi connectivity index (χ0n) is 17.3. The topological polar surface area (TPSA) is 88.7 Å². The number of hydrogen-bond acceptors (Lipinski definition) is 4. The predicted octanol–water partition coefficient (Wildman–Crippen LogP) is 5.14. The van der Waals surface area contributed by atoms with Crippen molar-refractivity contribution < 1.29 is 19.1 Å². The van der Waals surface area contributed by atoms with Gasteiger partial charge in [0.1, 0.15) is 11.5 Å². The number of carbonyl (C=O) groups excluding carboxylic acids is 2. The Bertz CT molecular complexity index is 974. The molecule has 0 aliphatic heterocycles. The Hall–Kier alpha value is -4.00. The summed E-state index contributed by atoms with van der Waals surface area (Å²) in [5.74, 6) is 1.41. The molecule has 0 heterocycles. The molecule has 0 spiro atoms. The summed E-state index contributed by atoms with van der Waals surface area (Å²) in [6.45, 7) is 0.444. The maximum Gasteiger partial charge on any atom is 0.323 e. The fourth-order valence-corrected chi connectivity index (χ4v) is 2.77. The van der Waals surface area contributed by atoms with Crippen molar-refractivity contribution in [2.75, 3.05) is 29.7 Å². The average Bonchev–Trinajstić information content (AvgIpc) is 2.79. The Balaban J connectivity index is 1.36. The summed E-state index contributed by atoms with van der Waals surface area (Å²) in [6, 6.07) is 23.1. The van der Waals surface area contributed by atoms with E-state index in [1.54, 1.807) is 43.5 Å². The minimum absolute atomic E-state index is 0.0964. The lowest BCUT2D eigenvalue weighted by atomic mass is 10.2. The molecule has 0 bridgehead atoms. The maximum absolute atomic E-state index is 12.1. The Morgan fingerprint density at radius 1 is 0.710 bits per heavy atom. The van der Waals surface area contributed by atoms with Crippen LogP contribution in [-0.4, -0.2) is 25.7 Å². The van der Waals surface area contributed by atoms with Gasteiger partial charge in [0.2, 0.25) is 5.91 Å². The molecule has 3 aromatic rings. The van der Waals surface area contributed by atoms with Crippen molar-refractivity contribution >= 4 is 29.0 Å². The lowest BCUT2D eigenvalue weighted by molar-refractivity contribution is -0.116. The summed E-state index contributed by atoms with van der Waals surface area (Å²) < 4.78 is 10.7. The summed E-state index contributed by atoms with van der Waals surface area (Å²) in [5.41, 5.74) is 1.99. The number of anilines is 3. The van der Waals surface area contributed by atoms with Gasteiger partial charge in [-0.3, -0.25) is 4.79 Å². The molecule has 0 aliphatic rings. The lowest BCUT2D eigenvalue weighted by Crippen LogP contribution is -2.19. The molecule has 160 valence electrons. The molecule has 0 saturated heterocycles. The van der Waals surface area contributed by atoms with Gasteiger partial charge in [0.15, 0.2) is 0 Å². The van der Waals surface area contributed by atoms with Gasteiger partial charge >= 0.3 is 6.03 Å². The summed E-state index contributed by atoms with van der Waals surface area (Å²) >= 11 is 0. The Morgan fingerprint density at radius 3 is 1.87 bits per heavy atom. The van der Waals surface area contributed by atoms with Crippen LogP contribution in [-0.2, 0) is 4.79 Å². The van der Waals surface area contributed by atoms with E-state index in [0.29, 0.717) is 36.5 Å². The van der Waals surface area contributed by atoms with Crippen molar-refractivity contribution in [1.82, 2.24) is 0 Å². The van der Waals surface area contributed by atoms with Crippen LogP contribution in [0.2, 0.25) is 0 Å². The lowest BCUT2D eigenvalue weighted by Gasteiger charge is -2.10. The molecule has 7 nitrogen and oxygen atoms in total. The van der Waals surface area contributed by atoms with Gasteiger partial charge in [-0.15, -0.1) is 0 Å². The SMILES string of the molecule is COc1ccc(OCCCC(=O)Nc2ccc(NC(=O)Nc3ccccc3)cc2)cc1. The van der Waals surface area contributed by atoms with E-state index in [4.69, 9.17) is 9.47 Å². The van der Waals surface area contributed by atoms with Crippen molar-refractivity contribution in [2.45, 2.75) is 12.8 Å². The molecule has 0 fully saturated rings. The van der Waals surface area contributed by atoms with Crippen LogP contribution in [0.1, 0.15) is 12.8 Å². The molecule has 3 aromatic carbocycles. The monoisotopic (exact) mass is 419 g/mol. The van der Waals surface area contributed by atoms with Gasteiger partial charge < -0.3 is 25.4 Å². The third-order valence-electron chi connectivity index (χ3n) is 4.33. The molecule has 7 heteroatoms. The fraction of sp³-hybridized carbons (Fsp3) is 0.167. The van der Waals surface area contributed by atoms with Gasteiger partial charge in [0.25, 0.3) is 0 Å². The second-order valence-corrected chi connectivity index (χ2v) is 6.70. The minimum atomic E-state index is -0.333. The summed E-state index contributed by atoms with van der Waals surface area (Å²) in [4.78, 5) is 24.1. The van der Waals surface area contributed by atoms with Gasteiger partial charge in [-0.2, -0.15) is 0 Å². The minimum Gasteiger partial charge on any atom is -0.497 e. The molecule has 0 aliphatic carbocycles. The Labute approximate surface area is 181 Å². The number of para-hydroxylation sites is 1.